The molecule has 0 aromatic heterocycles. The molecule has 27 heavy (non-hydrogen) atoms. The highest BCUT2D eigenvalue weighted by Gasteiger charge is 2.23. The van der Waals surface area contributed by atoms with Gasteiger partial charge in [-0.15, -0.1) is 0 Å². The summed E-state index contributed by atoms with van der Waals surface area (Å²) >= 11 is 6.05. The van der Waals surface area contributed by atoms with Crippen LogP contribution in [0.15, 0.2) is 30.0 Å². The molecule has 7 nitrogen and oxygen atoms in total. The second-order valence-corrected chi connectivity index (χ2v) is 6.57. The van der Waals surface area contributed by atoms with E-state index in [1.54, 1.807) is 36.9 Å². The summed E-state index contributed by atoms with van der Waals surface area (Å²) in [6, 6.07) is 7.19. The van der Waals surface area contributed by atoms with Gasteiger partial charge in [0.1, 0.15) is 11.6 Å². The van der Waals surface area contributed by atoms with Gasteiger partial charge in [-0.25, -0.2) is 4.79 Å². The first-order valence-corrected chi connectivity index (χ1v) is 9.18. The monoisotopic (exact) mass is 390 g/mol. The molecule has 2 N–H and O–H groups in total. The number of anilines is 1. The third kappa shape index (κ3) is 5.63. The normalized spacial score (nSPS) is 15.0. The fourth-order valence-corrected chi connectivity index (χ4v) is 2.90. The number of nitrogens with one attached hydrogen (secondary N) is 2. The Morgan fingerprint density at radius 3 is 2.74 bits per heavy atom. The van der Waals surface area contributed by atoms with Gasteiger partial charge in [-0.2, -0.15) is 5.26 Å². The van der Waals surface area contributed by atoms with E-state index < -0.39 is 5.91 Å². The van der Waals surface area contributed by atoms with E-state index in [2.05, 4.69) is 10.6 Å². The minimum atomic E-state index is -0.501. The van der Waals surface area contributed by atoms with E-state index in [-0.39, 0.29) is 17.7 Å². The fourth-order valence-electron chi connectivity index (χ4n) is 2.73. The zero-order chi connectivity index (χ0) is 19.8. The van der Waals surface area contributed by atoms with Crippen molar-refractivity contribution in [2.75, 3.05) is 25.0 Å². The molecule has 1 aromatic carbocycles. The number of carbonyl (C=O) groups excluding carboxylic acids is 2. The van der Waals surface area contributed by atoms with Gasteiger partial charge >= 0.3 is 6.09 Å². The maximum atomic E-state index is 12.3. The standard InChI is InChI=1S/C19H23ClN4O3/c1-3-27-19(26)24-9-7-15(8-10-24)22-12-14(11-21)18(25)23-17-6-4-5-16(20)13(17)2/h4-6,12,15,22H,3,7-10H2,1-2H3,(H,23,25)/b14-12-. The van der Waals surface area contributed by atoms with Crippen molar-refractivity contribution in [2.45, 2.75) is 32.7 Å². The highest BCUT2D eigenvalue weighted by atomic mass is 35.5. The second-order valence-electron chi connectivity index (χ2n) is 6.16. The Morgan fingerprint density at radius 2 is 2.11 bits per heavy atom. The molecule has 0 saturated carbocycles. The first kappa shape index (κ1) is 20.6. The van der Waals surface area contributed by atoms with Gasteiger partial charge in [-0.1, -0.05) is 17.7 Å². The molecule has 1 fully saturated rings. The summed E-state index contributed by atoms with van der Waals surface area (Å²) in [5, 5.41) is 15.6. The van der Waals surface area contributed by atoms with Gasteiger partial charge in [-0.3, -0.25) is 4.79 Å². The Bertz CT molecular complexity index is 765. The lowest BCUT2D eigenvalue weighted by molar-refractivity contribution is -0.112. The fraction of sp³-hybridized carbons (Fsp3) is 0.421. The van der Waals surface area contributed by atoms with Gasteiger partial charge < -0.3 is 20.3 Å². The van der Waals surface area contributed by atoms with E-state index in [0.717, 1.165) is 5.56 Å². The van der Waals surface area contributed by atoms with E-state index in [9.17, 15) is 14.9 Å². The van der Waals surface area contributed by atoms with Gasteiger partial charge in [0, 0.05) is 36.0 Å². The Labute approximate surface area is 163 Å². The van der Waals surface area contributed by atoms with Crippen molar-refractivity contribution in [2.24, 2.45) is 0 Å². The lowest BCUT2D eigenvalue weighted by Gasteiger charge is -2.31. The van der Waals surface area contributed by atoms with Gasteiger partial charge in [-0.05, 0) is 44.4 Å². The first-order chi connectivity index (χ1) is 13.0. The molecule has 0 bridgehead atoms. The maximum Gasteiger partial charge on any atom is 0.409 e. The minimum Gasteiger partial charge on any atom is -0.450 e. The van der Waals surface area contributed by atoms with E-state index in [1.807, 2.05) is 6.07 Å². The highest BCUT2D eigenvalue weighted by molar-refractivity contribution is 6.31. The smallest absolute Gasteiger partial charge is 0.409 e. The molecule has 1 aliphatic rings. The average Bonchev–Trinajstić information content (AvgIpc) is 2.66. The average molecular weight is 391 g/mol. The van der Waals surface area contributed by atoms with Crippen LogP contribution in [-0.4, -0.2) is 42.6 Å². The zero-order valence-corrected chi connectivity index (χ0v) is 16.2. The van der Waals surface area contributed by atoms with Crippen LogP contribution in [-0.2, 0) is 9.53 Å². The van der Waals surface area contributed by atoms with Crippen molar-refractivity contribution >= 4 is 29.3 Å². The summed E-state index contributed by atoms with van der Waals surface area (Å²) in [5.41, 5.74) is 1.28. The molecule has 8 heteroatoms. The first-order valence-electron chi connectivity index (χ1n) is 8.80. The third-order valence-corrected chi connectivity index (χ3v) is 4.77. The summed E-state index contributed by atoms with van der Waals surface area (Å²) in [6.07, 6.45) is 2.55. The van der Waals surface area contributed by atoms with Gasteiger partial charge in [0.15, 0.2) is 0 Å². The molecule has 144 valence electrons. The van der Waals surface area contributed by atoms with Crippen molar-refractivity contribution in [3.8, 4) is 6.07 Å². The van der Waals surface area contributed by atoms with Crippen LogP contribution in [0, 0.1) is 18.3 Å². The Hall–Kier alpha value is -2.72. The second kappa shape index (κ2) is 9.83. The Balaban J connectivity index is 1.91. The van der Waals surface area contributed by atoms with Crippen LogP contribution >= 0.6 is 11.6 Å². The number of likely N-dealkylation sites (tertiary alicyclic amines) is 1. The Morgan fingerprint density at radius 1 is 1.41 bits per heavy atom. The van der Waals surface area contributed by atoms with Crippen molar-refractivity contribution in [3.05, 3.63) is 40.6 Å². The summed E-state index contributed by atoms with van der Waals surface area (Å²) in [6.45, 7) is 5.06. The Kier molecular flexibility index (Phi) is 7.50. The number of piperidine rings is 1. The van der Waals surface area contributed by atoms with Crippen LogP contribution in [0.5, 0.6) is 0 Å². The van der Waals surface area contributed by atoms with Gasteiger partial charge in [0.05, 0.1) is 6.61 Å². The lowest BCUT2D eigenvalue weighted by atomic mass is 10.1. The number of nitriles is 1. The van der Waals surface area contributed by atoms with Crippen LogP contribution in [0.3, 0.4) is 0 Å². The van der Waals surface area contributed by atoms with E-state index >= 15 is 0 Å². The topological polar surface area (TPSA) is 94.5 Å². The molecule has 1 heterocycles. The van der Waals surface area contributed by atoms with Crippen molar-refractivity contribution in [1.29, 1.82) is 5.26 Å². The minimum absolute atomic E-state index is 0.0257. The molecule has 2 amide bonds. The van der Waals surface area contributed by atoms with Crippen LogP contribution in [0.25, 0.3) is 0 Å². The number of rotatable bonds is 5. The molecule has 1 aliphatic heterocycles. The predicted octanol–water partition coefficient (Wildman–Crippen LogP) is 3.20. The number of nitrogens with zero attached hydrogens (tertiary/aromatic N) is 2. The van der Waals surface area contributed by atoms with Crippen molar-refractivity contribution in [3.63, 3.8) is 0 Å². The van der Waals surface area contributed by atoms with Crippen molar-refractivity contribution < 1.29 is 14.3 Å². The molecular formula is C19H23ClN4O3. The molecular weight excluding hydrogens is 368 g/mol. The number of carbonyl (C=O) groups is 2. The predicted molar refractivity (Wildman–Crippen MR) is 103 cm³/mol. The van der Waals surface area contributed by atoms with Crippen LogP contribution < -0.4 is 10.6 Å². The molecule has 1 saturated heterocycles. The van der Waals surface area contributed by atoms with Gasteiger partial charge in [0.25, 0.3) is 5.91 Å². The van der Waals surface area contributed by atoms with Crippen molar-refractivity contribution in [1.82, 2.24) is 10.2 Å². The lowest BCUT2D eigenvalue weighted by Crippen LogP contribution is -2.44. The third-order valence-electron chi connectivity index (χ3n) is 4.37. The number of halogens is 1. The molecule has 0 unspecified atom stereocenters. The SMILES string of the molecule is CCOC(=O)N1CCC(N/C=C(/C#N)C(=O)Nc2cccc(Cl)c2C)CC1. The summed E-state index contributed by atoms with van der Waals surface area (Å²) < 4.78 is 4.99. The van der Waals surface area contributed by atoms with Crippen LogP contribution in [0.1, 0.15) is 25.3 Å². The zero-order valence-electron chi connectivity index (χ0n) is 15.4. The summed E-state index contributed by atoms with van der Waals surface area (Å²) in [4.78, 5) is 25.7. The number of amides is 2. The summed E-state index contributed by atoms with van der Waals surface area (Å²) in [7, 11) is 0. The number of benzene rings is 1. The van der Waals surface area contributed by atoms with E-state index in [1.165, 1.54) is 6.20 Å². The van der Waals surface area contributed by atoms with Crippen LogP contribution in [0.2, 0.25) is 5.02 Å². The number of hydrogen-bond donors (Lipinski definition) is 2. The molecule has 0 radical (unpaired) electrons. The number of hydrogen-bond acceptors (Lipinski definition) is 5. The number of ether oxygens (including phenoxy) is 1. The summed E-state index contributed by atoms with van der Waals surface area (Å²) in [5.74, 6) is -0.501. The molecule has 0 atom stereocenters. The molecule has 2 rings (SSSR count). The maximum absolute atomic E-state index is 12.3. The quantitative estimate of drug-likeness (QED) is 0.594. The van der Waals surface area contributed by atoms with Gasteiger partial charge in [0.2, 0.25) is 0 Å². The molecule has 1 aromatic rings. The van der Waals surface area contributed by atoms with E-state index in [0.29, 0.717) is 43.2 Å². The molecule has 0 aliphatic carbocycles. The highest BCUT2D eigenvalue weighted by Crippen LogP contribution is 2.23. The van der Waals surface area contributed by atoms with E-state index in [4.69, 9.17) is 16.3 Å². The largest absolute Gasteiger partial charge is 0.450 e. The molecule has 0 spiro atoms. The van der Waals surface area contributed by atoms with Crippen LogP contribution in [0.4, 0.5) is 10.5 Å².